The van der Waals surface area contributed by atoms with E-state index >= 15 is 0 Å². The van der Waals surface area contributed by atoms with Gasteiger partial charge in [0, 0.05) is 17.2 Å². The maximum atomic E-state index is 12.2. The van der Waals surface area contributed by atoms with E-state index in [1.165, 1.54) is 15.1 Å². The average molecular weight is 303 g/mol. The van der Waals surface area contributed by atoms with Gasteiger partial charge in [-0.2, -0.15) is 0 Å². The van der Waals surface area contributed by atoms with Crippen LogP contribution >= 0.6 is 11.8 Å². The van der Waals surface area contributed by atoms with Gasteiger partial charge >= 0.3 is 0 Å². The molecule has 2 aromatic rings. The molecule has 1 unspecified atom stereocenters. The van der Waals surface area contributed by atoms with Gasteiger partial charge in [0.15, 0.2) is 0 Å². The monoisotopic (exact) mass is 303 g/mol. The van der Waals surface area contributed by atoms with Crippen LogP contribution in [0.5, 0.6) is 0 Å². The van der Waals surface area contributed by atoms with E-state index in [-0.39, 0.29) is 18.5 Å². The molecule has 0 fully saturated rings. The number of nitrogens with zero attached hydrogens (tertiary/aromatic N) is 3. The highest BCUT2D eigenvalue weighted by molar-refractivity contribution is 7.99. The molecule has 3 rings (SSSR count). The topological polar surface area (TPSA) is 85.8 Å². The number of nitrogens with one attached hydrogen (secondary N) is 1. The Morgan fingerprint density at radius 3 is 3.14 bits per heavy atom. The largest absolute Gasteiger partial charge is 0.348 e. The van der Waals surface area contributed by atoms with Gasteiger partial charge in [-0.3, -0.25) is 4.79 Å². The number of hydrogen-bond acceptors (Lipinski definition) is 5. The van der Waals surface area contributed by atoms with Crippen LogP contribution in [0.25, 0.3) is 0 Å². The second-order valence-corrected chi connectivity index (χ2v) is 6.04. The minimum Gasteiger partial charge on any atom is -0.348 e. The van der Waals surface area contributed by atoms with Crippen LogP contribution in [0.3, 0.4) is 0 Å². The number of carbonyl (C=O) groups excluding carboxylic acids is 1. The fourth-order valence-electron chi connectivity index (χ4n) is 2.39. The first kappa shape index (κ1) is 14.1. The molecule has 0 bridgehead atoms. The summed E-state index contributed by atoms with van der Waals surface area (Å²) in [7, 11) is 0. The summed E-state index contributed by atoms with van der Waals surface area (Å²) < 4.78 is 1.51. The molecule has 1 aromatic heterocycles. The van der Waals surface area contributed by atoms with Crippen LogP contribution in [0.1, 0.15) is 23.7 Å². The number of hydrogen-bond donors (Lipinski definition) is 2. The van der Waals surface area contributed by atoms with Gasteiger partial charge in [0.25, 0.3) is 0 Å². The summed E-state index contributed by atoms with van der Waals surface area (Å²) in [6, 6.07) is 8.29. The Labute approximate surface area is 127 Å². The summed E-state index contributed by atoms with van der Waals surface area (Å²) in [4.78, 5) is 13.4. The molecule has 7 heteroatoms. The van der Waals surface area contributed by atoms with Crippen molar-refractivity contribution >= 4 is 17.7 Å². The number of amides is 1. The molecule has 110 valence electrons. The van der Waals surface area contributed by atoms with Crippen LogP contribution in [0.15, 0.2) is 35.4 Å². The van der Waals surface area contributed by atoms with Gasteiger partial charge in [-0.15, -0.1) is 16.9 Å². The van der Waals surface area contributed by atoms with Crippen molar-refractivity contribution in [3.05, 3.63) is 41.7 Å². The van der Waals surface area contributed by atoms with Crippen molar-refractivity contribution in [1.82, 2.24) is 20.3 Å². The lowest BCUT2D eigenvalue weighted by atomic mass is 10.0. The van der Waals surface area contributed by atoms with Crippen molar-refractivity contribution in [3.63, 3.8) is 0 Å². The maximum absolute atomic E-state index is 12.2. The summed E-state index contributed by atoms with van der Waals surface area (Å²) in [6.45, 7) is 0.494. The molecular formula is C14H17N5OS. The molecule has 0 aliphatic carbocycles. The predicted molar refractivity (Wildman–Crippen MR) is 80.6 cm³/mol. The number of nitrogens with two attached hydrogens (primary N) is 1. The van der Waals surface area contributed by atoms with Crippen LogP contribution < -0.4 is 11.1 Å². The summed E-state index contributed by atoms with van der Waals surface area (Å²) in [5.74, 6) is 0.956. The molecule has 0 saturated carbocycles. The molecule has 6 nitrogen and oxygen atoms in total. The average Bonchev–Trinajstić information content (AvgIpc) is 2.95. The molecule has 1 aromatic carbocycles. The van der Waals surface area contributed by atoms with Gasteiger partial charge in [-0.1, -0.05) is 23.4 Å². The van der Waals surface area contributed by atoms with Gasteiger partial charge in [-0.25, -0.2) is 4.68 Å². The number of fused-ring (bicyclic) bond motifs is 1. The van der Waals surface area contributed by atoms with Crippen LogP contribution in [0.2, 0.25) is 0 Å². The smallest absolute Gasteiger partial charge is 0.242 e. The minimum atomic E-state index is -0.0600. The van der Waals surface area contributed by atoms with E-state index in [1.54, 1.807) is 6.20 Å². The number of rotatable bonds is 4. The van der Waals surface area contributed by atoms with Crippen molar-refractivity contribution in [2.24, 2.45) is 5.73 Å². The Hall–Kier alpha value is -1.86. The summed E-state index contributed by atoms with van der Waals surface area (Å²) in [5.41, 5.74) is 7.36. The minimum absolute atomic E-state index is 0.0600. The SMILES string of the molecule is NCc1cn(CC(=O)NC2CCSc3ccccc32)nn1. The molecule has 0 radical (unpaired) electrons. The van der Waals surface area contributed by atoms with Gasteiger partial charge in [0.2, 0.25) is 5.91 Å². The predicted octanol–water partition coefficient (Wildman–Crippen LogP) is 1.09. The molecule has 2 heterocycles. The lowest BCUT2D eigenvalue weighted by Gasteiger charge is -2.25. The third-order valence-corrected chi connectivity index (χ3v) is 4.52. The fraction of sp³-hybridized carbons (Fsp3) is 0.357. The van der Waals surface area contributed by atoms with Gasteiger partial charge < -0.3 is 11.1 Å². The Morgan fingerprint density at radius 1 is 1.48 bits per heavy atom. The van der Waals surface area contributed by atoms with E-state index in [9.17, 15) is 4.79 Å². The van der Waals surface area contributed by atoms with E-state index in [1.807, 2.05) is 23.9 Å². The first-order valence-electron chi connectivity index (χ1n) is 6.86. The maximum Gasteiger partial charge on any atom is 0.242 e. The molecule has 21 heavy (non-hydrogen) atoms. The van der Waals surface area contributed by atoms with Crippen LogP contribution in [0.4, 0.5) is 0 Å². The lowest BCUT2D eigenvalue weighted by molar-refractivity contribution is -0.122. The fourth-order valence-corrected chi connectivity index (χ4v) is 3.51. The number of carbonyl (C=O) groups is 1. The first-order chi connectivity index (χ1) is 10.3. The standard InChI is InChI=1S/C14H17N5OS/c15-7-10-8-19(18-17-10)9-14(20)16-12-5-6-21-13-4-2-1-3-11(12)13/h1-4,8,12H,5-7,9,15H2,(H,16,20). The highest BCUT2D eigenvalue weighted by atomic mass is 32.2. The van der Waals surface area contributed by atoms with E-state index < -0.39 is 0 Å². The van der Waals surface area contributed by atoms with Crippen LogP contribution in [-0.2, 0) is 17.9 Å². The highest BCUT2D eigenvalue weighted by Gasteiger charge is 2.21. The number of benzene rings is 1. The molecule has 1 aliphatic rings. The zero-order valence-electron chi connectivity index (χ0n) is 11.5. The Kier molecular flexibility index (Phi) is 4.21. The van der Waals surface area contributed by atoms with Crippen molar-refractivity contribution in [2.45, 2.75) is 30.4 Å². The van der Waals surface area contributed by atoms with E-state index in [4.69, 9.17) is 5.73 Å². The summed E-state index contributed by atoms with van der Waals surface area (Å²) in [5, 5.41) is 10.8. The molecule has 1 atom stereocenters. The molecule has 1 amide bonds. The highest BCUT2D eigenvalue weighted by Crippen LogP contribution is 2.35. The third-order valence-electron chi connectivity index (χ3n) is 3.39. The third kappa shape index (κ3) is 3.25. The Bertz CT molecular complexity index is 642. The Morgan fingerprint density at radius 2 is 2.33 bits per heavy atom. The quantitative estimate of drug-likeness (QED) is 0.883. The second-order valence-electron chi connectivity index (χ2n) is 4.91. The van der Waals surface area contributed by atoms with Crippen molar-refractivity contribution in [3.8, 4) is 0 Å². The number of aromatic nitrogens is 3. The summed E-state index contributed by atoms with van der Waals surface area (Å²) >= 11 is 1.84. The normalized spacial score (nSPS) is 17.3. The second kappa shape index (κ2) is 6.28. The number of thioether (sulfide) groups is 1. The lowest BCUT2D eigenvalue weighted by Crippen LogP contribution is -2.33. The first-order valence-corrected chi connectivity index (χ1v) is 7.85. The van der Waals surface area contributed by atoms with Crippen LogP contribution in [0, 0.1) is 0 Å². The Balaban J connectivity index is 1.65. The van der Waals surface area contributed by atoms with Crippen molar-refractivity contribution in [1.29, 1.82) is 0 Å². The molecule has 3 N–H and O–H groups in total. The van der Waals surface area contributed by atoms with E-state index in [0.29, 0.717) is 12.2 Å². The summed E-state index contributed by atoms with van der Waals surface area (Å²) in [6.07, 6.45) is 2.64. The van der Waals surface area contributed by atoms with Gasteiger partial charge in [-0.05, 0) is 18.1 Å². The van der Waals surface area contributed by atoms with Gasteiger partial charge in [0.1, 0.15) is 6.54 Å². The van der Waals surface area contributed by atoms with Crippen LogP contribution in [-0.4, -0.2) is 26.7 Å². The van der Waals surface area contributed by atoms with Crippen molar-refractivity contribution < 1.29 is 4.79 Å². The van der Waals surface area contributed by atoms with Gasteiger partial charge in [0.05, 0.1) is 17.9 Å². The zero-order valence-corrected chi connectivity index (χ0v) is 12.3. The molecule has 1 aliphatic heterocycles. The molecule has 0 spiro atoms. The molecule has 0 saturated heterocycles. The zero-order chi connectivity index (χ0) is 14.7. The molecular weight excluding hydrogens is 286 g/mol. The van der Waals surface area contributed by atoms with E-state index in [0.717, 1.165) is 12.2 Å². The van der Waals surface area contributed by atoms with Crippen molar-refractivity contribution in [2.75, 3.05) is 5.75 Å². The van der Waals surface area contributed by atoms with E-state index in [2.05, 4.69) is 27.8 Å².